The molecule has 0 aliphatic carbocycles. The van der Waals surface area contributed by atoms with Crippen molar-refractivity contribution in [1.29, 1.82) is 0 Å². The van der Waals surface area contributed by atoms with E-state index in [1.165, 1.54) is 38.8 Å². The van der Waals surface area contributed by atoms with Crippen molar-refractivity contribution in [1.82, 2.24) is 14.7 Å². The molecule has 3 saturated heterocycles. The van der Waals surface area contributed by atoms with Crippen molar-refractivity contribution in [2.75, 3.05) is 46.4 Å². The van der Waals surface area contributed by atoms with Gasteiger partial charge in [-0.15, -0.1) is 0 Å². The molecule has 0 spiro atoms. The summed E-state index contributed by atoms with van der Waals surface area (Å²) in [5.74, 6) is 0.738. The van der Waals surface area contributed by atoms with Crippen LogP contribution in [0.1, 0.15) is 58.8 Å². The summed E-state index contributed by atoms with van der Waals surface area (Å²) >= 11 is 0. The quantitative estimate of drug-likeness (QED) is 0.750. The van der Waals surface area contributed by atoms with Crippen molar-refractivity contribution in [3.63, 3.8) is 0 Å². The van der Waals surface area contributed by atoms with E-state index in [1.54, 1.807) is 0 Å². The number of hydrogen-bond donors (Lipinski definition) is 0. The predicted octanol–water partition coefficient (Wildman–Crippen LogP) is 2.60. The summed E-state index contributed by atoms with van der Waals surface area (Å²) in [6, 6.07) is 1.38. The number of rotatable bonds is 5. The van der Waals surface area contributed by atoms with Gasteiger partial charge in [0.05, 0.1) is 6.10 Å². The Kier molecular flexibility index (Phi) is 7.35. The van der Waals surface area contributed by atoms with E-state index in [-0.39, 0.29) is 6.10 Å². The van der Waals surface area contributed by atoms with Gasteiger partial charge in [0.1, 0.15) is 0 Å². The summed E-state index contributed by atoms with van der Waals surface area (Å²) in [6.45, 7) is 11.2. The zero-order chi connectivity index (χ0) is 18.5. The number of hydrogen-bond acceptors (Lipinski definition) is 4. The molecule has 3 aliphatic rings. The second-order valence-corrected chi connectivity index (χ2v) is 8.80. The van der Waals surface area contributed by atoms with E-state index >= 15 is 0 Å². The molecule has 3 heterocycles. The van der Waals surface area contributed by atoms with Crippen LogP contribution in [0.2, 0.25) is 0 Å². The first-order valence-corrected chi connectivity index (χ1v) is 10.9. The van der Waals surface area contributed by atoms with Gasteiger partial charge in [-0.05, 0) is 77.9 Å². The van der Waals surface area contributed by atoms with E-state index in [0.717, 1.165) is 45.1 Å². The highest BCUT2D eigenvalue weighted by atomic mass is 16.5. The Labute approximate surface area is 160 Å². The molecule has 26 heavy (non-hydrogen) atoms. The lowest BCUT2D eigenvalue weighted by molar-refractivity contribution is -0.132. The van der Waals surface area contributed by atoms with Crippen LogP contribution in [0.4, 0.5) is 0 Å². The molecular weight excluding hydrogens is 326 g/mol. The summed E-state index contributed by atoms with van der Waals surface area (Å²) in [5, 5.41) is 0. The minimum atomic E-state index is 0.238. The lowest BCUT2D eigenvalue weighted by atomic mass is 9.93. The molecule has 0 bridgehead atoms. The first-order valence-electron chi connectivity index (χ1n) is 10.9. The minimum Gasteiger partial charge on any atom is -0.381 e. The van der Waals surface area contributed by atoms with Gasteiger partial charge in [0, 0.05) is 45.2 Å². The summed E-state index contributed by atoms with van der Waals surface area (Å²) in [7, 11) is 1.83. The highest BCUT2D eigenvalue weighted by Gasteiger charge is 2.33. The molecule has 0 unspecified atom stereocenters. The average molecular weight is 366 g/mol. The fourth-order valence-corrected chi connectivity index (χ4v) is 5.15. The number of methoxy groups -OCH3 is 1. The summed E-state index contributed by atoms with van der Waals surface area (Å²) in [4.78, 5) is 20.0. The number of likely N-dealkylation sites (tertiary alicyclic amines) is 3. The number of amides is 1. The summed E-state index contributed by atoms with van der Waals surface area (Å²) < 4.78 is 5.83. The third-order valence-electron chi connectivity index (χ3n) is 6.96. The highest BCUT2D eigenvalue weighted by Crippen LogP contribution is 2.28. The van der Waals surface area contributed by atoms with Crippen molar-refractivity contribution in [3.05, 3.63) is 0 Å². The topological polar surface area (TPSA) is 36.0 Å². The summed E-state index contributed by atoms with van der Waals surface area (Å²) in [6.07, 6.45) is 8.00. The fraction of sp³-hybridized carbons (Fsp3) is 0.952. The van der Waals surface area contributed by atoms with Crippen LogP contribution in [0, 0.1) is 5.92 Å². The van der Waals surface area contributed by atoms with Gasteiger partial charge in [-0.25, -0.2) is 0 Å². The molecule has 5 nitrogen and oxygen atoms in total. The van der Waals surface area contributed by atoms with E-state index in [4.69, 9.17) is 4.74 Å². The molecule has 1 amide bonds. The standard InChI is InChI=1S/C21H39N3O2/c1-17(2)22-13-7-19(8-14-22)23-12-6-18(20(26-3)9-15-23)16-21(25)24-10-4-5-11-24/h17-20H,4-16H2,1-3H3/t18-,20+/m1/s1. The van der Waals surface area contributed by atoms with E-state index < -0.39 is 0 Å². The molecule has 5 heteroatoms. The lowest BCUT2D eigenvalue weighted by Crippen LogP contribution is -2.47. The number of carbonyl (C=O) groups is 1. The first-order chi connectivity index (χ1) is 12.6. The van der Waals surface area contributed by atoms with Crippen LogP contribution in [-0.2, 0) is 9.53 Å². The number of carbonyl (C=O) groups excluding carboxylic acids is 1. The molecule has 0 aromatic heterocycles. The van der Waals surface area contributed by atoms with Crippen molar-refractivity contribution in [2.24, 2.45) is 5.92 Å². The van der Waals surface area contributed by atoms with Crippen LogP contribution >= 0.6 is 0 Å². The molecule has 0 saturated carbocycles. The molecule has 3 fully saturated rings. The van der Waals surface area contributed by atoms with Crippen LogP contribution < -0.4 is 0 Å². The van der Waals surface area contributed by atoms with E-state index in [1.807, 2.05) is 7.11 Å². The van der Waals surface area contributed by atoms with Crippen molar-refractivity contribution < 1.29 is 9.53 Å². The minimum absolute atomic E-state index is 0.238. The third-order valence-corrected chi connectivity index (χ3v) is 6.96. The smallest absolute Gasteiger partial charge is 0.222 e. The molecule has 0 radical (unpaired) electrons. The van der Waals surface area contributed by atoms with E-state index in [0.29, 0.717) is 24.3 Å². The van der Waals surface area contributed by atoms with Crippen LogP contribution in [0.25, 0.3) is 0 Å². The van der Waals surface area contributed by atoms with Gasteiger partial charge in [-0.1, -0.05) is 0 Å². The molecule has 0 N–H and O–H groups in total. The molecule has 3 aliphatic heterocycles. The van der Waals surface area contributed by atoms with Crippen LogP contribution in [0.15, 0.2) is 0 Å². The van der Waals surface area contributed by atoms with Gasteiger partial charge in [-0.3, -0.25) is 4.79 Å². The molecule has 2 atom stereocenters. The summed E-state index contributed by atoms with van der Waals surface area (Å²) in [5.41, 5.74) is 0. The molecule has 0 aromatic carbocycles. The Bertz CT molecular complexity index is 443. The Hall–Kier alpha value is -0.650. The number of nitrogens with zero attached hydrogens (tertiary/aromatic N) is 3. The van der Waals surface area contributed by atoms with Crippen molar-refractivity contribution in [3.8, 4) is 0 Å². The highest BCUT2D eigenvalue weighted by molar-refractivity contribution is 5.76. The van der Waals surface area contributed by atoms with Gasteiger partial charge in [0.2, 0.25) is 5.91 Å². The molecular formula is C21H39N3O2. The maximum Gasteiger partial charge on any atom is 0.222 e. The molecule has 3 rings (SSSR count). The number of ether oxygens (including phenoxy) is 1. The zero-order valence-corrected chi connectivity index (χ0v) is 17.2. The monoisotopic (exact) mass is 365 g/mol. The van der Waals surface area contributed by atoms with E-state index in [9.17, 15) is 4.79 Å². The predicted molar refractivity (Wildman–Crippen MR) is 105 cm³/mol. The van der Waals surface area contributed by atoms with E-state index in [2.05, 4.69) is 28.5 Å². The second kappa shape index (κ2) is 9.52. The Balaban J connectivity index is 1.52. The van der Waals surface area contributed by atoms with Gasteiger partial charge >= 0.3 is 0 Å². The van der Waals surface area contributed by atoms with Crippen LogP contribution in [0.3, 0.4) is 0 Å². The van der Waals surface area contributed by atoms with Crippen molar-refractivity contribution in [2.45, 2.75) is 77.0 Å². The molecule has 0 aromatic rings. The SMILES string of the molecule is CO[C@H]1CCN(C2CCN(C(C)C)CC2)CC[C@@H]1CC(=O)N1CCCC1. The van der Waals surface area contributed by atoms with Gasteiger partial charge in [-0.2, -0.15) is 0 Å². The van der Waals surface area contributed by atoms with Crippen LogP contribution in [0.5, 0.6) is 0 Å². The largest absolute Gasteiger partial charge is 0.381 e. The number of piperidine rings is 1. The average Bonchev–Trinajstić information content (AvgIpc) is 3.11. The maximum atomic E-state index is 12.6. The zero-order valence-electron chi connectivity index (χ0n) is 17.2. The van der Waals surface area contributed by atoms with Gasteiger partial charge in [0.15, 0.2) is 0 Å². The fourth-order valence-electron chi connectivity index (χ4n) is 5.15. The third kappa shape index (κ3) is 4.99. The maximum absolute atomic E-state index is 12.6. The van der Waals surface area contributed by atoms with Crippen molar-refractivity contribution >= 4 is 5.91 Å². The second-order valence-electron chi connectivity index (χ2n) is 8.80. The first kappa shape index (κ1) is 20.1. The lowest BCUT2D eigenvalue weighted by Gasteiger charge is -2.39. The normalized spacial score (nSPS) is 30.1. The Morgan fingerprint density at radius 2 is 1.62 bits per heavy atom. The van der Waals surface area contributed by atoms with Gasteiger partial charge < -0.3 is 19.4 Å². The van der Waals surface area contributed by atoms with Crippen LogP contribution in [-0.4, -0.2) is 85.2 Å². The Morgan fingerprint density at radius 1 is 0.962 bits per heavy atom. The molecule has 150 valence electrons. The Morgan fingerprint density at radius 3 is 2.23 bits per heavy atom. The van der Waals surface area contributed by atoms with Gasteiger partial charge in [0.25, 0.3) is 0 Å².